The highest BCUT2D eigenvalue weighted by Crippen LogP contribution is 2.25. The summed E-state index contributed by atoms with van der Waals surface area (Å²) in [6.45, 7) is 3.18. The Balaban J connectivity index is 1.66. The van der Waals surface area contributed by atoms with Gasteiger partial charge in [0, 0.05) is 4.91 Å². The molecule has 0 N–H and O–H groups in total. The molecule has 3 rings (SSSR count). The maximum Gasteiger partial charge on any atom is 0.0949 e. The first-order valence-electron chi connectivity index (χ1n) is 8.75. The van der Waals surface area contributed by atoms with Crippen LogP contribution >= 0.6 is 0 Å². The monoisotopic (exact) mass is 353 g/mol. The minimum Gasteiger partial charge on any atom is -0.373 e. The number of rotatable bonds is 7. The topological polar surface area (TPSA) is 76.5 Å². The lowest BCUT2D eigenvalue weighted by Crippen LogP contribution is -2.52. The summed E-state index contributed by atoms with van der Waals surface area (Å²) in [6, 6.07) is 19.4. The Labute approximate surface area is 153 Å². The highest BCUT2D eigenvalue weighted by Gasteiger charge is 2.39. The quantitative estimate of drug-likeness (QED) is 0.424. The Bertz CT molecular complexity index is 720. The average molecular weight is 353 g/mol. The highest BCUT2D eigenvalue weighted by molar-refractivity contribution is 5.14. The summed E-state index contributed by atoms with van der Waals surface area (Å²) in [4.78, 5) is 3.01. The molecule has 136 valence electrons. The van der Waals surface area contributed by atoms with Crippen molar-refractivity contribution >= 4 is 0 Å². The number of hydrogen-bond acceptors (Lipinski definition) is 4. The van der Waals surface area contributed by atoms with E-state index in [0.29, 0.717) is 19.8 Å². The number of azide groups is 1. The molecule has 1 saturated heterocycles. The maximum absolute atomic E-state index is 9.02. The molecule has 0 spiro atoms. The molecule has 2 aromatic carbocycles. The summed E-state index contributed by atoms with van der Waals surface area (Å²) in [6.07, 6.45) is -0.880. The first kappa shape index (κ1) is 18.4. The van der Waals surface area contributed by atoms with Gasteiger partial charge in [-0.15, -0.1) is 0 Å². The van der Waals surface area contributed by atoms with Gasteiger partial charge in [-0.2, -0.15) is 0 Å². The lowest BCUT2D eigenvalue weighted by atomic mass is 9.98. The molecule has 6 nitrogen and oxygen atoms in total. The minimum atomic E-state index is -0.434. The molecule has 0 saturated carbocycles. The van der Waals surface area contributed by atoms with Crippen molar-refractivity contribution in [3.8, 4) is 0 Å². The third kappa shape index (κ3) is 4.84. The van der Waals surface area contributed by atoms with E-state index in [1.54, 1.807) is 0 Å². The number of hydrogen-bond donors (Lipinski definition) is 0. The molecule has 0 bridgehead atoms. The molecule has 1 fully saturated rings. The normalized spacial score (nSPS) is 25.4. The molecule has 4 atom stereocenters. The van der Waals surface area contributed by atoms with Crippen LogP contribution in [0.5, 0.6) is 0 Å². The molecule has 0 amide bonds. The predicted molar refractivity (Wildman–Crippen MR) is 98.4 cm³/mol. The molecular weight excluding hydrogens is 330 g/mol. The van der Waals surface area contributed by atoms with Crippen LogP contribution in [0.4, 0.5) is 0 Å². The lowest BCUT2D eigenvalue weighted by Gasteiger charge is -2.39. The Morgan fingerprint density at radius 1 is 1.00 bits per heavy atom. The third-order valence-electron chi connectivity index (χ3n) is 4.48. The summed E-state index contributed by atoms with van der Waals surface area (Å²) in [7, 11) is 0. The second-order valence-corrected chi connectivity index (χ2v) is 6.33. The van der Waals surface area contributed by atoms with Gasteiger partial charge < -0.3 is 14.2 Å². The van der Waals surface area contributed by atoms with E-state index >= 15 is 0 Å². The predicted octanol–water partition coefficient (Wildman–Crippen LogP) is 4.25. The molecule has 3 unspecified atom stereocenters. The van der Waals surface area contributed by atoms with Gasteiger partial charge in [-0.1, -0.05) is 65.8 Å². The van der Waals surface area contributed by atoms with E-state index < -0.39 is 6.04 Å². The Morgan fingerprint density at radius 3 is 2.15 bits per heavy atom. The van der Waals surface area contributed by atoms with Gasteiger partial charge in [0.1, 0.15) is 0 Å². The molecule has 0 aromatic heterocycles. The first-order valence-corrected chi connectivity index (χ1v) is 8.75. The van der Waals surface area contributed by atoms with Crippen molar-refractivity contribution in [3.05, 3.63) is 82.2 Å². The van der Waals surface area contributed by atoms with Crippen molar-refractivity contribution in [2.75, 3.05) is 6.61 Å². The first-order chi connectivity index (χ1) is 12.8. The molecule has 6 heteroatoms. The van der Waals surface area contributed by atoms with Gasteiger partial charge in [-0.25, -0.2) is 0 Å². The van der Waals surface area contributed by atoms with Crippen molar-refractivity contribution < 1.29 is 14.2 Å². The molecule has 26 heavy (non-hydrogen) atoms. The molecule has 0 aliphatic carbocycles. The molecule has 2 aromatic rings. The van der Waals surface area contributed by atoms with Crippen LogP contribution in [-0.4, -0.2) is 31.0 Å². The van der Waals surface area contributed by atoms with E-state index in [2.05, 4.69) is 10.0 Å². The maximum atomic E-state index is 9.02. The van der Waals surface area contributed by atoms with Crippen molar-refractivity contribution in [1.29, 1.82) is 0 Å². The van der Waals surface area contributed by atoms with Crippen LogP contribution < -0.4 is 0 Å². The fourth-order valence-corrected chi connectivity index (χ4v) is 3.05. The van der Waals surface area contributed by atoms with Gasteiger partial charge in [0.25, 0.3) is 0 Å². The standard InChI is InChI=1S/C20H23N3O3/c1-15-20(26-13-17-10-6-3-7-11-17)19(22-23-21)18(14-24-15)25-12-16-8-4-2-5-9-16/h2-11,15,18-20H,12-14H2,1H3/t15?,18?,19?,20-/m1/s1. The van der Waals surface area contributed by atoms with Gasteiger partial charge in [0.2, 0.25) is 0 Å². The van der Waals surface area contributed by atoms with E-state index in [-0.39, 0.29) is 18.3 Å². The zero-order valence-electron chi connectivity index (χ0n) is 14.8. The average Bonchev–Trinajstić information content (AvgIpc) is 2.69. The summed E-state index contributed by atoms with van der Waals surface area (Å²) < 4.78 is 17.9. The van der Waals surface area contributed by atoms with Crippen LogP contribution in [0.3, 0.4) is 0 Å². The second-order valence-electron chi connectivity index (χ2n) is 6.33. The van der Waals surface area contributed by atoms with Crippen molar-refractivity contribution in [3.63, 3.8) is 0 Å². The highest BCUT2D eigenvalue weighted by atomic mass is 16.6. The largest absolute Gasteiger partial charge is 0.373 e. The summed E-state index contributed by atoms with van der Waals surface area (Å²) in [5.41, 5.74) is 11.1. The SMILES string of the molecule is CC1OCC(OCc2ccccc2)C(N=[N+]=[N-])[C@@H]1OCc1ccccc1. The van der Waals surface area contributed by atoms with Gasteiger partial charge in [0.05, 0.1) is 44.2 Å². The smallest absolute Gasteiger partial charge is 0.0949 e. The number of ether oxygens (including phenoxy) is 3. The van der Waals surface area contributed by atoms with Crippen LogP contribution in [0.25, 0.3) is 10.4 Å². The summed E-state index contributed by atoms with van der Waals surface area (Å²) in [5, 5.41) is 3.97. The van der Waals surface area contributed by atoms with E-state index in [4.69, 9.17) is 19.7 Å². The van der Waals surface area contributed by atoms with Crippen LogP contribution in [-0.2, 0) is 27.4 Å². The fraction of sp³-hybridized carbons (Fsp3) is 0.400. The Morgan fingerprint density at radius 2 is 1.58 bits per heavy atom. The summed E-state index contributed by atoms with van der Waals surface area (Å²) in [5.74, 6) is 0. The minimum absolute atomic E-state index is 0.175. The molecular formula is C20H23N3O3. The fourth-order valence-electron chi connectivity index (χ4n) is 3.05. The van der Waals surface area contributed by atoms with E-state index in [9.17, 15) is 0 Å². The molecule has 1 aliphatic rings. The van der Waals surface area contributed by atoms with Crippen molar-refractivity contribution in [1.82, 2.24) is 0 Å². The van der Waals surface area contributed by atoms with E-state index in [1.165, 1.54) is 0 Å². The van der Waals surface area contributed by atoms with Gasteiger partial charge in [-0.3, -0.25) is 0 Å². The van der Waals surface area contributed by atoms with Gasteiger partial charge in [-0.05, 0) is 23.6 Å². The zero-order chi connectivity index (χ0) is 18.2. The number of benzene rings is 2. The lowest BCUT2D eigenvalue weighted by molar-refractivity contribution is -0.170. The van der Waals surface area contributed by atoms with Crippen LogP contribution in [0.2, 0.25) is 0 Å². The molecule has 0 radical (unpaired) electrons. The molecule has 1 heterocycles. The van der Waals surface area contributed by atoms with E-state index in [1.807, 2.05) is 67.6 Å². The van der Waals surface area contributed by atoms with Gasteiger partial charge >= 0.3 is 0 Å². The summed E-state index contributed by atoms with van der Waals surface area (Å²) >= 11 is 0. The van der Waals surface area contributed by atoms with Crippen molar-refractivity contribution in [2.45, 2.75) is 44.5 Å². The Kier molecular flexibility index (Phi) is 6.63. The molecule has 1 aliphatic heterocycles. The second kappa shape index (κ2) is 9.36. The van der Waals surface area contributed by atoms with Crippen LogP contribution in [0, 0.1) is 0 Å². The van der Waals surface area contributed by atoms with Crippen LogP contribution in [0.15, 0.2) is 65.8 Å². The van der Waals surface area contributed by atoms with Crippen molar-refractivity contribution in [2.24, 2.45) is 5.11 Å². The Hall–Kier alpha value is -2.37. The third-order valence-corrected chi connectivity index (χ3v) is 4.48. The number of nitrogens with zero attached hydrogens (tertiary/aromatic N) is 3. The van der Waals surface area contributed by atoms with E-state index in [0.717, 1.165) is 11.1 Å². The van der Waals surface area contributed by atoms with Crippen LogP contribution in [0.1, 0.15) is 18.1 Å². The van der Waals surface area contributed by atoms with Gasteiger partial charge in [0.15, 0.2) is 0 Å². The zero-order valence-corrected chi connectivity index (χ0v) is 14.8.